The smallest absolute Gasteiger partial charge is 0.233 e. The first-order chi connectivity index (χ1) is 12.5. The molecule has 0 aliphatic rings. The normalized spacial score (nSPS) is 11.9. The van der Waals surface area contributed by atoms with Crippen molar-refractivity contribution < 1.29 is 8.42 Å². The predicted molar refractivity (Wildman–Crippen MR) is 103 cm³/mol. The fraction of sp³-hybridized carbons (Fsp3) is 0.158. The fourth-order valence-electron chi connectivity index (χ4n) is 2.42. The topological polar surface area (TPSA) is 76.9 Å². The van der Waals surface area contributed by atoms with Gasteiger partial charge >= 0.3 is 0 Å². The molecule has 3 rings (SSSR count). The van der Waals surface area contributed by atoms with Gasteiger partial charge in [-0.15, -0.1) is 0 Å². The van der Waals surface area contributed by atoms with Crippen molar-refractivity contribution in [3.8, 4) is 11.5 Å². The van der Waals surface area contributed by atoms with Gasteiger partial charge in [-0.25, -0.2) is 18.1 Å². The number of hydrogen-bond donors (Lipinski definition) is 1. The molecule has 0 saturated heterocycles. The molecule has 0 aliphatic carbocycles. The highest BCUT2D eigenvalue weighted by Gasteiger charge is 2.08. The highest BCUT2D eigenvalue weighted by molar-refractivity contribution is 7.92. The molecule has 7 heteroatoms. The molecule has 0 radical (unpaired) electrons. The first kappa shape index (κ1) is 18.0. The van der Waals surface area contributed by atoms with Gasteiger partial charge in [0, 0.05) is 37.1 Å². The van der Waals surface area contributed by atoms with Gasteiger partial charge in [0.05, 0.1) is 0 Å². The van der Waals surface area contributed by atoms with E-state index in [0.717, 1.165) is 16.8 Å². The molecule has 0 spiro atoms. The van der Waals surface area contributed by atoms with E-state index in [1.807, 2.05) is 54.0 Å². The second kappa shape index (κ2) is 8.07. The van der Waals surface area contributed by atoms with Gasteiger partial charge in [-0.3, -0.25) is 4.98 Å². The molecule has 0 unspecified atom stereocenters. The van der Waals surface area contributed by atoms with Crippen LogP contribution in [-0.4, -0.2) is 29.5 Å². The van der Waals surface area contributed by atoms with Gasteiger partial charge in [0.2, 0.25) is 10.0 Å². The Balaban J connectivity index is 1.59. The van der Waals surface area contributed by atoms with Crippen LogP contribution in [0.2, 0.25) is 0 Å². The monoisotopic (exact) mass is 368 g/mol. The molecule has 2 aromatic heterocycles. The highest BCUT2D eigenvalue weighted by atomic mass is 32.2. The summed E-state index contributed by atoms with van der Waals surface area (Å²) in [7, 11) is -3.50. The van der Waals surface area contributed by atoms with Crippen molar-refractivity contribution in [2.24, 2.45) is 0 Å². The number of imidazole rings is 1. The van der Waals surface area contributed by atoms with E-state index >= 15 is 0 Å². The van der Waals surface area contributed by atoms with Gasteiger partial charge in [0.25, 0.3) is 0 Å². The molecule has 0 bridgehead atoms. The number of pyridine rings is 1. The van der Waals surface area contributed by atoms with Crippen molar-refractivity contribution in [3.63, 3.8) is 0 Å². The predicted octanol–water partition coefficient (Wildman–Crippen LogP) is 2.84. The fourth-order valence-corrected chi connectivity index (χ4v) is 3.23. The number of sulfonamides is 1. The zero-order valence-electron chi connectivity index (χ0n) is 14.4. The Hall–Kier alpha value is -2.77. The van der Waals surface area contributed by atoms with Gasteiger partial charge in [-0.05, 0) is 30.7 Å². The molecule has 2 heterocycles. The number of aromatic nitrogens is 3. The number of hydrogen-bond acceptors (Lipinski definition) is 4. The van der Waals surface area contributed by atoms with E-state index in [4.69, 9.17) is 0 Å². The summed E-state index contributed by atoms with van der Waals surface area (Å²) < 4.78 is 28.7. The third-order valence-corrected chi connectivity index (χ3v) is 4.88. The maximum Gasteiger partial charge on any atom is 0.233 e. The Morgan fingerprint density at radius 3 is 2.62 bits per heavy atom. The van der Waals surface area contributed by atoms with Gasteiger partial charge in [0.15, 0.2) is 5.82 Å². The quantitative estimate of drug-likeness (QED) is 0.696. The molecule has 134 valence electrons. The molecule has 0 fully saturated rings. The van der Waals surface area contributed by atoms with E-state index in [9.17, 15) is 8.42 Å². The lowest BCUT2D eigenvalue weighted by Gasteiger charge is -2.08. The van der Waals surface area contributed by atoms with E-state index in [1.165, 1.54) is 5.41 Å². The number of rotatable bonds is 7. The van der Waals surface area contributed by atoms with Crippen molar-refractivity contribution in [3.05, 3.63) is 77.6 Å². The Morgan fingerprint density at radius 2 is 1.88 bits per heavy atom. The van der Waals surface area contributed by atoms with E-state index in [2.05, 4.69) is 14.7 Å². The second-order valence-corrected chi connectivity index (χ2v) is 7.46. The minimum atomic E-state index is -3.50. The first-order valence-corrected chi connectivity index (χ1v) is 9.75. The maximum absolute atomic E-state index is 12.1. The number of benzene rings is 1. The van der Waals surface area contributed by atoms with Crippen LogP contribution in [0.5, 0.6) is 0 Å². The van der Waals surface area contributed by atoms with Crippen LogP contribution in [-0.2, 0) is 16.6 Å². The van der Waals surface area contributed by atoms with Crippen LogP contribution in [0.3, 0.4) is 0 Å². The minimum Gasteiger partial charge on any atom is -0.328 e. The van der Waals surface area contributed by atoms with Crippen molar-refractivity contribution in [2.45, 2.75) is 13.5 Å². The molecule has 0 saturated carbocycles. The van der Waals surface area contributed by atoms with E-state index in [1.54, 1.807) is 24.7 Å². The molecule has 0 amide bonds. The maximum atomic E-state index is 12.1. The molecule has 0 aliphatic heterocycles. The largest absolute Gasteiger partial charge is 0.328 e. The molecule has 26 heavy (non-hydrogen) atoms. The molecule has 0 atom stereocenters. The minimum absolute atomic E-state index is 0.261. The third-order valence-electron chi connectivity index (χ3n) is 3.78. The lowest BCUT2D eigenvalue weighted by atomic mass is 10.2. The van der Waals surface area contributed by atoms with Crippen molar-refractivity contribution >= 4 is 16.1 Å². The summed E-state index contributed by atoms with van der Waals surface area (Å²) in [6.45, 7) is 2.71. The summed E-state index contributed by atoms with van der Waals surface area (Å²) >= 11 is 0. The third kappa shape index (κ3) is 4.87. The van der Waals surface area contributed by atoms with Crippen molar-refractivity contribution in [2.75, 3.05) is 6.54 Å². The van der Waals surface area contributed by atoms with Crippen molar-refractivity contribution in [1.29, 1.82) is 0 Å². The standard InChI is InChI=1S/C19H20N4O2S/c1-16-5-7-17(8-6-16)9-15-26(24,25)22-12-14-23-13-11-21-19(23)18-4-2-3-10-20-18/h2-11,13,15,22H,12,14H2,1H3/b15-9+. The Kier molecular flexibility index (Phi) is 5.60. The summed E-state index contributed by atoms with van der Waals surface area (Å²) in [4.78, 5) is 8.57. The number of nitrogens with zero attached hydrogens (tertiary/aromatic N) is 3. The van der Waals surface area contributed by atoms with Crippen molar-refractivity contribution in [1.82, 2.24) is 19.3 Å². The van der Waals surface area contributed by atoms with Crippen LogP contribution in [0.25, 0.3) is 17.6 Å². The molecule has 6 nitrogen and oxygen atoms in total. The summed E-state index contributed by atoms with van der Waals surface area (Å²) in [5.41, 5.74) is 2.72. The van der Waals surface area contributed by atoms with E-state index in [-0.39, 0.29) is 6.54 Å². The summed E-state index contributed by atoms with van der Waals surface area (Å²) in [5.74, 6) is 0.708. The lowest BCUT2D eigenvalue weighted by Crippen LogP contribution is -2.25. The van der Waals surface area contributed by atoms with Gasteiger partial charge < -0.3 is 4.57 Å². The first-order valence-electron chi connectivity index (χ1n) is 8.20. The van der Waals surface area contributed by atoms with Gasteiger partial charge in [-0.1, -0.05) is 35.9 Å². The average molecular weight is 368 g/mol. The Morgan fingerprint density at radius 1 is 1.08 bits per heavy atom. The number of nitrogens with one attached hydrogen (secondary N) is 1. The average Bonchev–Trinajstić information content (AvgIpc) is 3.10. The summed E-state index contributed by atoms with van der Waals surface area (Å²) in [5, 5.41) is 1.19. The molecular weight excluding hydrogens is 348 g/mol. The van der Waals surface area contributed by atoms with Gasteiger partial charge in [0.1, 0.15) is 5.69 Å². The molecular formula is C19H20N4O2S. The molecule has 3 aromatic rings. The summed E-state index contributed by atoms with van der Waals surface area (Å²) in [6, 6.07) is 13.2. The zero-order valence-corrected chi connectivity index (χ0v) is 15.2. The van der Waals surface area contributed by atoms with Crippen LogP contribution < -0.4 is 4.72 Å². The van der Waals surface area contributed by atoms with Crippen LogP contribution in [0, 0.1) is 6.92 Å². The Labute approximate surface area is 153 Å². The molecule has 1 N–H and O–H groups in total. The van der Waals surface area contributed by atoms with Crippen LogP contribution in [0.15, 0.2) is 66.5 Å². The van der Waals surface area contributed by atoms with Crippen LogP contribution in [0.4, 0.5) is 0 Å². The van der Waals surface area contributed by atoms with E-state index < -0.39 is 10.0 Å². The number of aryl methyl sites for hydroxylation is 1. The second-order valence-electron chi connectivity index (χ2n) is 5.81. The zero-order chi connectivity index (χ0) is 18.4. The van der Waals surface area contributed by atoms with Gasteiger partial charge in [-0.2, -0.15) is 0 Å². The molecule has 1 aromatic carbocycles. The van der Waals surface area contributed by atoms with Crippen LogP contribution >= 0.6 is 0 Å². The van der Waals surface area contributed by atoms with Crippen LogP contribution in [0.1, 0.15) is 11.1 Å². The SMILES string of the molecule is Cc1ccc(/C=C/S(=O)(=O)NCCn2ccnc2-c2ccccn2)cc1. The summed E-state index contributed by atoms with van der Waals surface area (Å²) in [6.07, 6.45) is 6.77. The lowest BCUT2D eigenvalue weighted by molar-refractivity contribution is 0.582. The Bertz CT molecular complexity index is 978. The highest BCUT2D eigenvalue weighted by Crippen LogP contribution is 2.13. The van der Waals surface area contributed by atoms with E-state index in [0.29, 0.717) is 12.4 Å².